The second-order valence-corrected chi connectivity index (χ2v) is 9.50. The first kappa shape index (κ1) is 22.9. The van der Waals surface area contributed by atoms with E-state index in [1.54, 1.807) is 10.9 Å². The molecule has 1 saturated carbocycles. The predicted octanol–water partition coefficient (Wildman–Crippen LogP) is 5.15. The SMILES string of the molecule is C[C@H]1CC[C@H](n2cc(NC(=O)c3cnn4ccc(C5CCCOCC5)nc34)c(C(F)F)n2)CC1. The molecule has 0 bridgehead atoms. The van der Waals surface area contributed by atoms with Crippen LogP contribution < -0.4 is 5.32 Å². The standard InChI is InChI=1S/C24H30F2N6O2/c1-15-4-6-17(7-5-15)32-14-20(21(30-32)22(25)26)29-24(33)18-13-27-31-10-8-19(28-23(18)31)16-3-2-11-34-12-9-16/h8,10,13-17,22H,2-7,9,11-12H2,1H3,(H,29,33)/t15-,16?,17-. The molecule has 1 saturated heterocycles. The molecule has 3 aromatic heterocycles. The van der Waals surface area contributed by atoms with Gasteiger partial charge in [-0.25, -0.2) is 18.3 Å². The first-order chi connectivity index (χ1) is 16.5. The smallest absolute Gasteiger partial charge is 0.284 e. The molecule has 2 aliphatic rings. The van der Waals surface area contributed by atoms with E-state index >= 15 is 0 Å². The van der Waals surface area contributed by atoms with E-state index in [1.165, 1.54) is 16.9 Å². The molecule has 0 spiro atoms. The highest BCUT2D eigenvalue weighted by atomic mass is 19.3. The summed E-state index contributed by atoms with van der Waals surface area (Å²) in [6, 6.07) is 1.99. The van der Waals surface area contributed by atoms with Crippen molar-refractivity contribution in [3.63, 3.8) is 0 Å². The maximum atomic E-state index is 13.7. The van der Waals surface area contributed by atoms with Gasteiger partial charge in [-0.2, -0.15) is 10.2 Å². The van der Waals surface area contributed by atoms with Gasteiger partial charge < -0.3 is 10.1 Å². The van der Waals surface area contributed by atoms with Gasteiger partial charge >= 0.3 is 0 Å². The molecule has 10 heteroatoms. The van der Waals surface area contributed by atoms with E-state index in [2.05, 4.69) is 22.4 Å². The van der Waals surface area contributed by atoms with Crippen LogP contribution in [0.3, 0.4) is 0 Å². The van der Waals surface area contributed by atoms with Gasteiger partial charge in [-0.3, -0.25) is 9.48 Å². The first-order valence-corrected chi connectivity index (χ1v) is 12.1. The Kier molecular flexibility index (Phi) is 6.58. The second-order valence-electron chi connectivity index (χ2n) is 9.50. The molecule has 1 atom stereocenters. The number of nitrogens with one attached hydrogen (secondary N) is 1. The highest BCUT2D eigenvalue weighted by Gasteiger charge is 2.27. The lowest BCUT2D eigenvalue weighted by Gasteiger charge is -2.26. The zero-order valence-corrected chi connectivity index (χ0v) is 19.3. The third kappa shape index (κ3) is 4.68. The number of carbonyl (C=O) groups excluding carboxylic acids is 1. The topological polar surface area (TPSA) is 86.3 Å². The van der Waals surface area contributed by atoms with Gasteiger partial charge in [0, 0.05) is 37.2 Å². The fourth-order valence-electron chi connectivity index (χ4n) is 5.02. The predicted molar refractivity (Wildman–Crippen MR) is 122 cm³/mol. The van der Waals surface area contributed by atoms with Gasteiger partial charge in [-0.05, 0) is 56.9 Å². The average Bonchev–Trinajstić information content (AvgIpc) is 3.34. The van der Waals surface area contributed by atoms with Crippen molar-refractivity contribution in [3.05, 3.63) is 41.6 Å². The van der Waals surface area contributed by atoms with Crippen LogP contribution in [-0.4, -0.2) is 43.5 Å². The number of aromatic nitrogens is 5. The van der Waals surface area contributed by atoms with Gasteiger partial charge in [-0.15, -0.1) is 0 Å². The van der Waals surface area contributed by atoms with Crippen LogP contribution in [0, 0.1) is 5.92 Å². The van der Waals surface area contributed by atoms with E-state index in [1.807, 2.05) is 6.07 Å². The molecule has 2 fully saturated rings. The van der Waals surface area contributed by atoms with Crippen LogP contribution in [0.15, 0.2) is 24.7 Å². The Bertz CT molecular complexity index is 1140. The molecule has 0 radical (unpaired) electrons. The molecule has 1 amide bonds. The Morgan fingerprint density at radius 3 is 2.79 bits per heavy atom. The van der Waals surface area contributed by atoms with Gasteiger partial charge in [0.2, 0.25) is 0 Å². The van der Waals surface area contributed by atoms with E-state index in [0.29, 0.717) is 18.2 Å². The number of halogens is 2. The zero-order valence-electron chi connectivity index (χ0n) is 19.3. The highest BCUT2D eigenvalue weighted by molar-refractivity contribution is 6.08. The van der Waals surface area contributed by atoms with Gasteiger partial charge in [0.05, 0.1) is 17.9 Å². The summed E-state index contributed by atoms with van der Waals surface area (Å²) in [7, 11) is 0. The normalized spacial score (nSPS) is 23.8. The van der Waals surface area contributed by atoms with Crippen LogP contribution in [0.25, 0.3) is 5.65 Å². The lowest BCUT2D eigenvalue weighted by atomic mass is 9.87. The number of nitrogens with zero attached hydrogens (tertiary/aromatic N) is 5. The highest BCUT2D eigenvalue weighted by Crippen LogP contribution is 2.34. The summed E-state index contributed by atoms with van der Waals surface area (Å²) < 4.78 is 36.2. The van der Waals surface area contributed by atoms with Gasteiger partial charge in [-0.1, -0.05) is 6.92 Å². The third-order valence-corrected chi connectivity index (χ3v) is 7.08. The number of fused-ring (bicyclic) bond motifs is 1. The van der Waals surface area contributed by atoms with Crippen molar-refractivity contribution in [1.82, 2.24) is 24.4 Å². The fraction of sp³-hybridized carbons (Fsp3) is 0.583. The Balaban J connectivity index is 1.39. The Hall–Kier alpha value is -2.88. The minimum atomic E-state index is -2.79. The summed E-state index contributed by atoms with van der Waals surface area (Å²) in [6.07, 6.45) is 8.63. The Morgan fingerprint density at radius 2 is 2.00 bits per heavy atom. The van der Waals surface area contributed by atoms with Crippen molar-refractivity contribution in [2.45, 2.75) is 70.3 Å². The van der Waals surface area contributed by atoms with E-state index in [0.717, 1.165) is 57.2 Å². The molecule has 8 nitrogen and oxygen atoms in total. The third-order valence-electron chi connectivity index (χ3n) is 7.08. The summed E-state index contributed by atoms with van der Waals surface area (Å²) in [6.45, 7) is 3.64. The molecule has 182 valence electrons. The van der Waals surface area contributed by atoms with E-state index in [9.17, 15) is 13.6 Å². The van der Waals surface area contributed by atoms with E-state index in [4.69, 9.17) is 9.72 Å². The maximum absolute atomic E-state index is 13.7. The molecule has 1 aliphatic carbocycles. The molecular formula is C24H30F2N6O2. The second kappa shape index (κ2) is 9.77. The molecular weight excluding hydrogens is 442 g/mol. The van der Waals surface area contributed by atoms with Gasteiger partial charge in [0.25, 0.3) is 12.3 Å². The van der Waals surface area contributed by atoms with Crippen LogP contribution in [0.1, 0.15) is 92.0 Å². The van der Waals surface area contributed by atoms with Crippen LogP contribution >= 0.6 is 0 Å². The summed E-state index contributed by atoms with van der Waals surface area (Å²) >= 11 is 0. The molecule has 1 aliphatic heterocycles. The minimum absolute atomic E-state index is 0.0371. The maximum Gasteiger partial charge on any atom is 0.284 e. The van der Waals surface area contributed by atoms with Crippen LogP contribution in [0.2, 0.25) is 0 Å². The molecule has 4 heterocycles. The average molecular weight is 473 g/mol. The molecule has 3 aromatic rings. The summed E-state index contributed by atoms with van der Waals surface area (Å²) in [5.41, 5.74) is 1.17. The number of ether oxygens (including phenoxy) is 1. The Labute approximate surface area is 196 Å². The number of hydrogen-bond donors (Lipinski definition) is 1. The molecule has 5 rings (SSSR count). The van der Waals surface area contributed by atoms with Gasteiger partial charge in [0.1, 0.15) is 5.56 Å². The van der Waals surface area contributed by atoms with Crippen molar-refractivity contribution in [3.8, 4) is 0 Å². The zero-order chi connectivity index (χ0) is 23.7. The molecule has 1 unspecified atom stereocenters. The van der Waals surface area contributed by atoms with Crippen LogP contribution in [0.4, 0.5) is 14.5 Å². The van der Waals surface area contributed by atoms with Crippen LogP contribution in [0.5, 0.6) is 0 Å². The van der Waals surface area contributed by atoms with Crippen molar-refractivity contribution in [1.29, 1.82) is 0 Å². The fourth-order valence-corrected chi connectivity index (χ4v) is 5.02. The number of amides is 1. The summed E-state index contributed by atoms with van der Waals surface area (Å²) in [4.78, 5) is 17.9. The molecule has 1 N–H and O–H groups in total. The van der Waals surface area contributed by atoms with E-state index < -0.39 is 18.0 Å². The van der Waals surface area contributed by atoms with Crippen molar-refractivity contribution in [2.24, 2.45) is 5.92 Å². The van der Waals surface area contributed by atoms with Crippen molar-refractivity contribution in [2.75, 3.05) is 18.5 Å². The van der Waals surface area contributed by atoms with Crippen LogP contribution in [-0.2, 0) is 4.74 Å². The lowest BCUT2D eigenvalue weighted by molar-refractivity contribution is 0.102. The summed E-state index contributed by atoms with van der Waals surface area (Å²) in [5, 5.41) is 11.0. The molecule has 0 aromatic carbocycles. The van der Waals surface area contributed by atoms with Crippen molar-refractivity contribution < 1.29 is 18.3 Å². The number of carbonyl (C=O) groups is 1. The monoisotopic (exact) mass is 472 g/mol. The van der Waals surface area contributed by atoms with Crippen molar-refractivity contribution >= 4 is 17.2 Å². The number of alkyl halides is 2. The lowest BCUT2D eigenvalue weighted by Crippen LogP contribution is -2.17. The number of rotatable bonds is 5. The Morgan fingerprint density at radius 1 is 1.18 bits per heavy atom. The first-order valence-electron chi connectivity index (χ1n) is 12.1. The number of anilines is 1. The number of hydrogen-bond acceptors (Lipinski definition) is 5. The largest absolute Gasteiger partial charge is 0.381 e. The van der Waals surface area contributed by atoms with E-state index in [-0.39, 0.29) is 23.2 Å². The quantitative estimate of drug-likeness (QED) is 0.555. The van der Waals surface area contributed by atoms with Gasteiger partial charge in [0.15, 0.2) is 11.3 Å². The molecule has 34 heavy (non-hydrogen) atoms. The minimum Gasteiger partial charge on any atom is -0.381 e. The summed E-state index contributed by atoms with van der Waals surface area (Å²) in [5.74, 6) is 0.363.